The fourth-order valence-electron chi connectivity index (χ4n) is 1.47. The van der Waals surface area contributed by atoms with E-state index in [1.54, 1.807) is 0 Å². The highest BCUT2D eigenvalue weighted by Gasteiger charge is 2.27. The molecule has 0 aromatic rings. The van der Waals surface area contributed by atoms with Gasteiger partial charge in [0.15, 0.2) is 0 Å². The molecule has 0 aliphatic carbocycles. The summed E-state index contributed by atoms with van der Waals surface area (Å²) in [5.41, 5.74) is 0. The van der Waals surface area contributed by atoms with Crippen LogP contribution in [0.25, 0.3) is 0 Å². The molecule has 8 heteroatoms. The third-order valence-corrected chi connectivity index (χ3v) is 3.92. The molecule has 0 aliphatic heterocycles. The minimum Gasteiger partial charge on any atom is -0.480 e. The number of aliphatic carboxylic acids is 1. The number of nitrogens with zero attached hydrogens (tertiary/aromatic N) is 1. The van der Waals surface area contributed by atoms with E-state index >= 15 is 0 Å². The Balaban J connectivity index is 4.81. The van der Waals surface area contributed by atoms with Gasteiger partial charge in [-0.1, -0.05) is 13.8 Å². The second-order valence-electron chi connectivity index (χ2n) is 3.93. The zero-order valence-electron chi connectivity index (χ0n) is 10.8. The normalized spacial score (nSPS) is 13.8. The van der Waals surface area contributed by atoms with Crippen LogP contribution in [0.2, 0.25) is 0 Å². The van der Waals surface area contributed by atoms with E-state index in [2.05, 4.69) is 4.72 Å². The summed E-state index contributed by atoms with van der Waals surface area (Å²) in [4.78, 5) is 10.8. The number of aliphatic hydroxyl groups excluding tert-OH is 1. The predicted octanol–water partition coefficient (Wildman–Crippen LogP) is -0.222. The van der Waals surface area contributed by atoms with Gasteiger partial charge in [0, 0.05) is 19.7 Å². The van der Waals surface area contributed by atoms with Crippen LogP contribution in [0.15, 0.2) is 0 Å². The Morgan fingerprint density at radius 1 is 1.28 bits per heavy atom. The molecule has 0 spiro atoms. The lowest BCUT2D eigenvalue weighted by Crippen LogP contribution is -2.49. The van der Waals surface area contributed by atoms with E-state index in [0.29, 0.717) is 25.9 Å². The van der Waals surface area contributed by atoms with Crippen LogP contribution in [0.5, 0.6) is 0 Å². The topological polar surface area (TPSA) is 107 Å². The van der Waals surface area contributed by atoms with E-state index < -0.39 is 22.2 Å². The number of carboxylic acids is 1. The Bertz CT molecular complexity index is 338. The molecule has 108 valence electrons. The molecule has 0 rings (SSSR count). The quantitative estimate of drug-likeness (QED) is 0.513. The zero-order valence-corrected chi connectivity index (χ0v) is 11.6. The third-order valence-electron chi connectivity index (χ3n) is 2.29. The molecule has 0 fully saturated rings. The van der Waals surface area contributed by atoms with Crippen LogP contribution >= 0.6 is 0 Å². The minimum absolute atomic E-state index is 0.152. The maximum absolute atomic E-state index is 12.0. The number of hydrogen-bond acceptors (Lipinski definition) is 4. The smallest absolute Gasteiger partial charge is 0.321 e. The summed E-state index contributed by atoms with van der Waals surface area (Å²) in [6.07, 6.45) is 1.15. The highest BCUT2D eigenvalue weighted by molar-refractivity contribution is 7.87. The van der Waals surface area contributed by atoms with Crippen LogP contribution in [-0.2, 0) is 15.0 Å². The van der Waals surface area contributed by atoms with Crippen molar-refractivity contribution in [2.45, 2.75) is 39.2 Å². The molecule has 0 radical (unpaired) electrons. The molecular weight excluding hydrogens is 260 g/mol. The van der Waals surface area contributed by atoms with E-state index in [-0.39, 0.29) is 13.0 Å². The summed E-state index contributed by atoms with van der Waals surface area (Å²) >= 11 is 0. The van der Waals surface area contributed by atoms with E-state index in [1.165, 1.54) is 4.31 Å². The van der Waals surface area contributed by atoms with Crippen molar-refractivity contribution in [3.05, 3.63) is 0 Å². The van der Waals surface area contributed by atoms with Gasteiger partial charge in [-0.2, -0.15) is 17.4 Å². The zero-order chi connectivity index (χ0) is 14.2. The van der Waals surface area contributed by atoms with Gasteiger partial charge in [0.1, 0.15) is 6.04 Å². The Kier molecular flexibility index (Phi) is 8.08. The van der Waals surface area contributed by atoms with Gasteiger partial charge in [-0.05, 0) is 19.3 Å². The molecule has 7 nitrogen and oxygen atoms in total. The van der Waals surface area contributed by atoms with Crippen LogP contribution in [-0.4, -0.2) is 54.6 Å². The average Bonchev–Trinajstić information content (AvgIpc) is 2.28. The van der Waals surface area contributed by atoms with Gasteiger partial charge in [0.05, 0.1) is 0 Å². The largest absolute Gasteiger partial charge is 0.480 e. The predicted molar refractivity (Wildman–Crippen MR) is 67.3 cm³/mol. The first-order valence-electron chi connectivity index (χ1n) is 6.00. The molecule has 0 bridgehead atoms. The molecule has 0 unspecified atom stereocenters. The second-order valence-corrected chi connectivity index (χ2v) is 5.63. The molecule has 0 amide bonds. The highest BCUT2D eigenvalue weighted by Crippen LogP contribution is 2.04. The van der Waals surface area contributed by atoms with Crippen LogP contribution < -0.4 is 4.72 Å². The number of carbonyl (C=O) groups is 1. The monoisotopic (exact) mass is 282 g/mol. The van der Waals surface area contributed by atoms with Gasteiger partial charge in [0.2, 0.25) is 0 Å². The van der Waals surface area contributed by atoms with Gasteiger partial charge in [0.25, 0.3) is 10.2 Å². The second kappa shape index (κ2) is 8.41. The van der Waals surface area contributed by atoms with Gasteiger partial charge < -0.3 is 10.2 Å². The Hall–Kier alpha value is -0.700. The molecule has 1 atom stereocenters. The fourth-order valence-corrected chi connectivity index (χ4v) is 3.04. The molecule has 0 aromatic carbocycles. The van der Waals surface area contributed by atoms with Crippen molar-refractivity contribution in [1.29, 1.82) is 0 Å². The van der Waals surface area contributed by atoms with Crippen molar-refractivity contribution in [1.82, 2.24) is 9.03 Å². The summed E-state index contributed by atoms with van der Waals surface area (Å²) in [7, 11) is -3.82. The van der Waals surface area contributed by atoms with E-state index in [4.69, 9.17) is 10.2 Å². The lowest BCUT2D eigenvalue weighted by atomic mass is 10.2. The third kappa shape index (κ3) is 5.76. The van der Waals surface area contributed by atoms with Crippen LogP contribution in [0, 0.1) is 0 Å². The number of hydrogen-bond donors (Lipinski definition) is 3. The van der Waals surface area contributed by atoms with Crippen molar-refractivity contribution < 1.29 is 23.4 Å². The number of nitrogens with one attached hydrogen (secondary N) is 1. The SMILES string of the molecule is CCCN(CCC)S(=O)(=O)N[C@H](CCO)C(=O)O. The van der Waals surface area contributed by atoms with Gasteiger partial charge in [-0.25, -0.2) is 0 Å². The first kappa shape index (κ1) is 17.3. The van der Waals surface area contributed by atoms with Crippen LogP contribution in [0.4, 0.5) is 0 Å². The summed E-state index contributed by atoms with van der Waals surface area (Å²) < 4.78 is 27.3. The lowest BCUT2D eigenvalue weighted by Gasteiger charge is -2.23. The van der Waals surface area contributed by atoms with Gasteiger partial charge >= 0.3 is 5.97 Å². The maximum Gasteiger partial charge on any atom is 0.321 e. The minimum atomic E-state index is -3.82. The first-order chi connectivity index (χ1) is 8.38. The van der Waals surface area contributed by atoms with Crippen LogP contribution in [0.3, 0.4) is 0 Å². The summed E-state index contributed by atoms with van der Waals surface area (Å²) in [5.74, 6) is -1.29. The Morgan fingerprint density at radius 3 is 2.11 bits per heavy atom. The number of aliphatic hydroxyl groups is 1. The number of rotatable bonds is 10. The fraction of sp³-hybridized carbons (Fsp3) is 0.900. The molecule has 3 N–H and O–H groups in total. The summed E-state index contributed by atoms with van der Waals surface area (Å²) in [5, 5.41) is 17.6. The summed E-state index contributed by atoms with van der Waals surface area (Å²) in [6, 6.07) is -1.30. The van der Waals surface area contributed by atoms with E-state index in [9.17, 15) is 13.2 Å². The van der Waals surface area contributed by atoms with Crippen LogP contribution in [0.1, 0.15) is 33.1 Å². The van der Waals surface area contributed by atoms with Gasteiger partial charge in [-0.3, -0.25) is 4.79 Å². The maximum atomic E-state index is 12.0. The molecule has 18 heavy (non-hydrogen) atoms. The molecule has 0 aromatic heterocycles. The molecule has 0 saturated heterocycles. The first-order valence-corrected chi connectivity index (χ1v) is 7.44. The summed E-state index contributed by atoms with van der Waals surface area (Å²) in [6.45, 7) is 3.99. The molecule has 0 aliphatic rings. The standard InChI is InChI=1S/C10H22N2O5S/c1-3-6-12(7-4-2)18(16,17)11-9(5-8-13)10(14)15/h9,11,13H,3-8H2,1-2H3,(H,14,15)/t9-/m1/s1. The Morgan fingerprint density at radius 2 is 1.78 bits per heavy atom. The van der Waals surface area contributed by atoms with E-state index in [0.717, 1.165) is 0 Å². The van der Waals surface area contributed by atoms with Crippen molar-refractivity contribution in [2.24, 2.45) is 0 Å². The molecule has 0 saturated carbocycles. The number of carboxylic acid groups (broad SMARTS) is 1. The van der Waals surface area contributed by atoms with Crippen molar-refractivity contribution in [2.75, 3.05) is 19.7 Å². The average molecular weight is 282 g/mol. The molecule has 0 heterocycles. The highest BCUT2D eigenvalue weighted by atomic mass is 32.2. The lowest BCUT2D eigenvalue weighted by molar-refractivity contribution is -0.139. The van der Waals surface area contributed by atoms with Crippen molar-refractivity contribution in [3.8, 4) is 0 Å². The molecular formula is C10H22N2O5S. The van der Waals surface area contributed by atoms with Crippen molar-refractivity contribution in [3.63, 3.8) is 0 Å². The van der Waals surface area contributed by atoms with Crippen molar-refractivity contribution >= 4 is 16.2 Å². The van der Waals surface area contributed by atoms with E-state index in [1.807, 2.05) is 13.8 Å². The Labute approximate surface area is 108 Å². The van der Waals surface area contributed by atoms with Gasteiger partial charge in [-0.15, -0.1) is 0 Å².